The second-order valence-electron chi connectivity index (χ2n) is 6.76. The standard InChI is InChI=1S/C16H28F3N3O2/c1-12-4-2-3-5-13(12)24-11-15(23)21-10-14(16(17,18)19)22-8-6-20-7-9-22/h12-14,20H,2-11H2,1H3,(H,21,23). The Morgan fingerprint density at radius 2 is 1.96 bits per heavy atom. The third kappa shape index (κ3) is 5.89. The van der Waals surface area contributed by atoms with Crippen LogP contribution in [0.1, 0.15) is 32.6 Å². The number of nitrogens with zero attached hydrogens (tertiary/aromatic N) is 1. The fourth-order valence-corrected chi connectivity index (χ4v) is 3.42. The third-order valence-corrected chi connectivity index (χ3v) is 4.92. The average molecular weight is 351 g/mol. The Balaban J connectivity index is 1.76. The Kier molecular flexibility index (Phi) is 7.31. The predicted octanol–water partition coefficient (Wildman–Crippen LogP) is 1.53. The van der Waals surface area contributed by atoms with E-state index < -0.39 is 24.7 Å². The van der Waals surface area contributed by atoms with Crippen LogP contribution in [-0.2, 0) is 9.53 Å². The lowest BCUT2D eigenvalue weighted by Gasteiger charge is -2.36. The lowest BCUT2D eigenvalue weighted by Crippen LogP contribution is -2.57. The molecule has 140 valence electrons. The lowest BCUT2D eigenvalue weighted by atomic mass is 9.88. The van der Waals surface area contributed by atoms with E-state index in [0.717, 1.165) is 19.3 Å². The largest absolute Gasteiger partial charge is 0.405 e. The number of hydrogen-bond acceptors (Lipinski definition) is 4. The summed E-state index contributed by atoms with van der Waals surface area (Å²) < 4.78 is 45.3. The van der Waals surface area contributed by atoms with Crippen LogP contribution in [0.4, 0.5) is 13.2 Å². The Bertz CT molecular complexity index is 401. The Hall–Kier alpha value is -0.860. The topological polar surface area (TPSA) is 53.6 Å². The number of amides is 1. The number of carbonyl (C=O) groups excluding carboxylic acids is 1. The van der Waals surface area contributed by atoms with Crippen molar-refractivity contribution in [1.82, 2.24) is 15.5 Å². The van der Waals surface area contributed by atoms with Crippen LogP contribution in [-0.4, -0.2) is 68.5 Å². The number of carbonyl (C=O) groups is 1. The molecule has 1 aliphatic heterocycles. The summed E-state index contributed by atoms with van der Waals surface area (Å²) in [6, 6.07) is -1.64. The third-order valence-electron chi connectivity index (χ3n) is 4.92. The zero-order valence-electron chi connectivity index (χ0n) is 14.2. The summed E-state index contributed by atoms with van der Waals surface area (Å²) in [5, 5.41) is 5.43. The van der Waals surface area contributed by atoms with Gasteiger partial charge in [0.15, 0.2) is 0 Å². The summed E-state index contributed by atoms with van der Waals surface area (Å²) in [6.45, 7) is 3.22. The summed E-state index contributed by atoms with van der Waals surface area (Å²) in [7, 11) is 0. The van der Waals surface area contributed by atoms with Gasteiger partial charge in [0, 0.05) is 32.7 Å². The Labute approximate surface area is 141 Å². The second-order valence-corrected chi connectivity index (χ2v) is 6.76. The molecule has 0 spiro atoms. The highest BCUT2D eigenvalue weighted by Crippen LogP contribution is 2.26. The summed E-state index contributed by atoms with van der Waals surface area (Å²) in [6.07, 6.45) is -0.0769. The van der Waals surface area contributed by atoms with Crippen molar-refractivity contribution in [2.45, 2.75) is 50.9 Å². The van der Waals surface area contributed by atoms with Crippen molar-refractivity contribution in [2.24, 2.45) is 5.92 Å². The second kappa shape index (κ2) is 9.01. The highest BCUT2D eigenvalue weighted by atomic mass is 19.4. The maximum atomic E-state index is 13.2. The maximum Gasteiger partial charge on any atom is 0.405 e. The minimum absolute atomic E-state index is 0.0380. The zero-order valence-corrected chi connectivity index (χ0v) is 14.2. The van der Waals surface area contributed by atoms with Crippen molar-refractivity contribution >= 4 is 5.91 Å². The first-order chi connectivity index (χ1) is 11.4. The first-order valence-electron chi connectivity index (χ1n) is 8.77. The summed E-state index contributed by atoms with van der Waals surface area (Å²) >= 11 is 0. The van der Waals surface area contributed by atoms with Crippen LogP contribution in [0.2, 0.25) is 0 Å². The zero-order chi connectivity index (χ0) is 17.6. The maximum absolute atomic E-state index is 13.2. The van der Waals surface area contributed by atoms with Gasteiger partial charge in [-0.15, -0.1) is 0 Å². The van der Waals surface area contributed by atoms with Crippen LogP contribution in [0, 0.1) is 5.92 Å². The molecule has 1 amide bonds. The molecule has 3 unspecified atom stereocenters. The molecule has 1 aliphatic carbocycles. The smallest absolute Gasteiger partial charge is 0.368 e. The molecular formula is C16H28F3N3O2. The number of hydrogen-bond donors (Lipinski definition) is 2. The molecule has 1 saturated heterocycles. The van der Waals surface area contributed by atoms with E-state index in [4.69, 9.17) is 4.74 Å². The summed E-state index contributed by atoms with van der Waals surface area (Å²) in [5.74, 6) is -0.0764. The van der Waals surface area contributed by atoms with E-state index in [1.54, 1.807) is 0 Å². The fraction of sp³-hybridized carbons (Fsp3) is 0.938. The first kappa shape index (κ1) is 19.5. The van der Waals surface area contributed by atoms with Crippen molar-refractivity contribution in [1.29, 1.82) is 0 Å². The van der Waals surface area contributed by atoms with Gasteiger partial charge in [-0.05, 0) is 18.8 Å². The molecule has 0 radical (unpaired) electrons. The molecule has 2 rings (SSSR count). The molecule has 2 aliphatic rings. The molecule has 0 aromatic rings. The number of alkyl halides is 3. The summed E-state index contributed by atoms with van der Waals surface area (Å²) in [4.78, 5) is 13.2. The van der Waals surface area contributed by atoms with Crippen molar-refractivity contribution in [2.75, 3.05) is 39.3 Å². The number of ether oxygens (including phenoxy) is 1. The van der Waals surface area contributed by atoms with Gasteiger partial charge in [-0.2, -0.15) is 13.2 Å². The number of nitrogens with one attached hydrogen (secondary N) is 2. The van der Waals surface area contributed by atoms with E-state index in [0.29, 0.717) is 32.1 Å². The minimum Gasteiger partial charge on any atom is -0.368 e. The fourth-order valence-electron chi connectivity index (χ4n) is 3.42. The van der Waals surface area contributed by atoms with Gasteiger partial charge in [0.1, 0.15) is 12.6 Å². The highest BCUT2D eigenvalue weighted by Gasteiger charge is 2.43. The monoisotopic (exact) mass is 351 g/mol. The van der Waals surface area contributed by atoms with Crippen molar-refractivity contribution in [3.05, 3.63) is 0 Å². The molecule has 2 fully saturated rings. The van der Waals surface area contributed by atoms with E-state index in [-0.39, 0.29) is 12.7 Å². The summed E-state index contributed by atoms with van der Waals surface area (Å²) in [5.41, 5.74) is 0. The van der Waals surface area contributed by atoms with Crippen molar-refractivity contribution in [3.8, 4) is 0 Å². The van der Waals surface area contributed by atoms with Gasteiger partial charge in [-0.3, -0.25) is 9.69 Å². The van der Waals surface area contributed by atoms with Gasteiger partial charge in [-0.1, -0.05) is 19.8 Å². The van der Waals surface area contributed by atoms with Crippen LogP contribution in [0.15, 0.2) is 0 Å². The molecule has 0 bridgehead atoms. The molecule has 24 heavy (non-hydrogen) atoms. The predicted molar refractivity (Wildman–Crippen MR) is 84.7 cm³/mol. The Morgan fingerprint density at radius 3 is 2.58 bits per heavy atom. The number of halogens is 3. The van der Waals surface area contributed by atoms with Crippen LogP contribution >= 0.6 is 0 Å². The number of rotatable bonds is 6. The average Bonchev–Trinajstić information content (AvgIpc) is 2.54. The normalized spacial score (nSPS) is 27.7. The molecular weight excluding hydrogens is 323 g/mol. The number of piperazine rings is 1. The minimum atomic E-state index is -4.36. The van der Waals surface area contributed by atoms with Crippen molar-refractivity contribution < 1.29 is 22.7 Å². The molecule has 3 atom stereocenters. The van der Waals surface area contributed by atoms with Crippen LogP contribution in [0.25, 0.3) is 0 Å². The highest BCUT2D eigenvalue weighted by molar-refractivity contribution is 5.77. The van der Waals surface area contributed by atoms with Crippen molar-refractivity contribution in [3.63, 3.8) is 0 Å². The Morgan fingerprint density at radius 1 is 1.29 bits per heavy atom. The van der Waals surface area contributed by atoms with Gasteiger partial charge >= 0.3 is 6.18 Å². The SMILES string of the molecule is CC1CCCCC1OCC(=O)NCC(N1CCNCC1)C(F)(F)F. The molecule has 0 aromatic carbocycles. The lowest BCUT2D eigenvalue weighted by molar-refractivity contribution is -0.184. The van der Waals surface area contributed by atoms with Gasteiger partial charge < -0.3 is 15.4 Å². The van der Waals surface area contributed by atoms with E-state index in [1.165, 1.54) is 11.3 Å². The molecule has 5 nitrogen and oxygen atoms in total. The molecule has 1 heterocycles. The van der Waals surface area contributed by atoms with Crippen LogP contribution in [0.5, 0.6) is 0 Å². The molecule has 0 aromatic heterocycles. The van der Waals surface area contributed by atoms with E-state index in [2.05, 4.69) is 17.6 Å². The molecule has 2 N–H and O–H groups in total. The van der Waals surface area contributed by atoms with Gasteiger partial charge in [0.05, 0.1) is 6.10 Å². The van der Waals surface area contributed by atoms with E-state index >= 15 is 0 Å². The molecule has 1 saturated carbocycles. The van der Waals surface area contributed by atoms with Crippen LogP contribution in [0.3, 0.4) is 0 Å². The van der Waals surface area contributed by atoms with E-state index in [9.17, 15) is 18.0 Å². The van der Waals surface area contributed by atoms with Crippen LogP contribution < -0.4 is 10.6 Å². The van der Waals surface area contributed by atoms with E-state index in [1.807, 2.05) is 0 Å². The quantitative estimate of drug-likeness (QED) is 0.762. The van der Waals surface area contributed by atoms with Gasteiger partial charge in [0.25, 0.3) is 0 Å². The molecule has 8 heteroatoms. The van der Waals surface area contributed by atoms with Gasteiger partial charge in [-0.25, -0.2) is 0 Å². The van der Waals surface area contributed by atoms with Gasteiger partial charge in [0.2, 0.25) is 5.91 Å². The first-order valence-corrected chi connectivity index (χ1v) is 8.77.